The maximum absolute atomic E-state index is 12.3. The summed E-state index contributed by atoms with van der Waals surface area (Å²) in [7, 11) is 0. The molecule has 1 unspecified atom stereocenters. The van der Waals surface area contributed by atoms with Crippen LogP contribution in [0.1, 0.15) is 22.8 Å². The smallest absolute Gasteiger partial charge is 0.338 e. The summed E-state index contributed by atoms with van der Waals surface area (Å²) >= 11 is 5.95. The highest BCUT2D eigenvalue weighted by Crippen LogP contribution is 2.28. The number of esters is 1. The summed E-state index contributed by atoms with van der Waals surface area (Å²) in [5.74, 6) is -0.578. The summed E-state index contributed by atoms with van der Waals surface area (Å²) < 4.78 is 10.6. The van der Waals surface area contributed by atoms with Gasteiger partial charge in [0.25, 0.3) is 11.6 Å². The number of nitrogens with one attached hydrogen (secondary N) is 1. The lowest BCUT2D eigenvalue weighted by Gasteiger charge is -2.14. The molecule has 0 aromatic heterocycles. The number of hydrogen-bond acceptors (Lipinski definition) is 6. The van der Waals surface area contributed by atoms with Crippen molar-refractivity contribution in [2.75, 3.05) is 11.9 Å². The number of nitro groups is 1. The van der Waals surface area contributed by atoms with E-state index < -0.39 is 22.9 Å². The molecule has 1 amide bonds. The highest BCUT2D eigenvalue weighted by molar-refractivity contribution is 6.33. The van der Waals surface area contributed by atoms with Gasteiger partial charge in [-0.25, -0.2) is 4.79 Å². The number of ether oxygens (including phenoxy) is 2. The second-order valence-electron chi connectivity index (χ2n) is 5.88. The number of fused-ring (bicyclic) bond motifs is 1. The fraction of sp³-hybridized carbons (Fsp3) is 0.222. The molecule has 2 aromatic rings. The van der Waals surface area contributed by atoms with Crippen molar-refractivity contribution in [3.8, 4) is 5.75 Å². The Bertz CT molecular complexity index is 930. The number of anilines is 1. The molecule has 3 rings (SSSR count). The van der Waals surface area contributed by atoms with Gasteiger partial charge >= 0.3 is 5.97 Å². The highest BCUT2D eigenvalue weighted by atomic mass is 35.5. The van der Waals surface area contributed by atoms with Crippen molar-refractivity contribution in [1.29, 1.82) is 0 Å². The van der Waals surface area contributed by atoms with Crippen LogP contribution in [-0.2, 0) is 16.0 Å². The summed E-state index contributed by atoms with van der Waals surface area (Å²) in [5, 5.41) is 13.4. The molecule has 0 saturated carbocycles. The monoisotopic (exact) mass is 390 g/mol. The third kappa shape index (κ3) is 4.17. The predicted octanol–water partition coefficient (Wildman–Crippen LogP) is 3.37. The Labute approximate surface area is 159 Å². The van der Waals surface area contributed by atoms with E-state index in [0.717, 1.165) is 17.4 Å². The van der Waals surface area contributed by atoms with Gasteiger partial charge in [-0.15, -0.1) is 0 Å². The number of rotatable bonds is 5. The Morgan fingerprint density at radius 3 is 2.81 bits per heavy atom. The van der Waals surface area contributed by atoms with E-state index in [4.69, 9.17) is 21.1 Å². The molecule has 1 heterocycles. The Balaban J connectivity index is 1.66. The standard InChI is InChI=1S/C18H15ClN2O6/c1-10(17(22)20-15-9-13(21(24)25)3-4-14(15)19)27-18(23)12-2-5-16-11(8-12)6-7-26-16/h2-5,8-10H,6-7H2,1H3,(H,20,22). The Morgan fingerprint density at radius 1 is 1.30 bits per heavy atom. The highest BCUT2D eigenvalue weighted by Gasteiger charge is 2.22. The number of benzene rings is 2. The zero-order chi connectivity index (χ0) is 19.6. The molecule has 1 aliphatic rings. The third-order valence-corrected chi connectivity index (χ3v) is 4.33. The molecule has 0 saturated heterocycles. The number of carbonyl (C=O) groups is 2. The average Bonchev–Trinajstić information content (AvgIpc) is 3.10. The van der Waals surface area contributed by atoms with Gasteiger partial charge in [0.15, 0.2) is 6.10 Å². The number of carbonyl (C=O) groups excluding carboxylic acids is 2. The molecule has 1 aliphatic heterocycles. The van der Waals surface area contributed by atoms with Crippen molar-refractivity contribution >= 4 is 34.9 Å². The molecular formula is C18H15ClN2O6. The van der Waals surface area contributed by atoms with Gasteiger partial charge in [0.1, 0.15) is 5.75 Å². The molecule has 8 nitrogen and oxygen atoms in total. The fourth-order valence-corrected chi connectivity index (χ4v) is 2.72. The van der Waals surface area contributed by atoms with Crippen molar-refractivity contribution in [2.45, 2.75) is 19.4 Å². The molecule has 27 heavy (non-hydrogen) atoms. The van der Waals surface area contributed by atoms with E-state index in [1.807, 2.05) is 0 Å². The largest absolute Gasteiger partial charge is 0.493 e. The molecule has 0 radical (unpaired) electrons. The lowest BCUT2D eigenvalue weighted by molar-refractivity contribution is -0.384. The average molecular weight is 391 g/mol. The first-order valence-corrected chi connectivity index (χ1v) is 8.44. The molecule has 2 aromatic carbocycles. The van der Waals surface area contributed by atoms with E-state index in [2.05, 4.69) is 5.32 Å². The van der Waals surface area contributed by atoms with Crippen molar-refractivity contribution < 1.29 is 24.0 Å². The van der Waals surface area contributed by atoms with Crippen molar-refractivity contribution in [2.24, 2.45) is 0 Å². The first kappa shape index (κ1) is 18.7. The van der Waals surface area contributed by atoms with Gasteiger partial charge in [0.05, 0.1) is 27.8 Å². The van der Waals surface area contributed by atoms with Crippen molar-refractivity contribution in [1.82, 2.24) is 0 Å². The Morgan fingerprint density at radius 2 is 2.07 bits per heavy atom. The van der Waals surface area contributed by atoms with Gasteiger partial charge in [-0.2, -0.15) is 0 Å². The van der Waals surface area contributed by atoms with Crippen molar-refractivity contribution in [3.63, 3.8) is 0 Å². The molecule has 140 valence electrons. The summed E-state index contributed by atoms with van der Waals surface area (Å²) in [6.07, 6.45) is -0.421. The number of nitro benzene ring substituents is 1. The molecule has 0 spiro atoms. The van der Waals surface area contributed by atoms with Crippen LogP contribution < -0.4 is 10.1 Å². The second-order valence-corrected chi connectivity index (χ2v) is 6.29. The van der Waals surface area contributed by atoms with Crippen molar-refractivity contribution in [3.05, 3.63) is 62.7 Å². The first-order chi connectivity index (χ1) is 12.8. The molecule has 0 bridgehead atoms. The van der Waals surface area contributed by atoms with E-state index in [-0.39, 0.29) is 16.4 Å². The lowest BCUT2D eigenvalue weighted by atomic mass is 10.1. The molecule has 0 fully saturated rings. The van der Waals surface area contributed by atoms with Crippen LogP contribution in [0.5, 0.6) is 5.75 Å². The number of hydrogen-bond donors (Lipinski definition) is 1. The molecule has 1 N–H and O–H groups in total. The zero-order valence-electron chi connectivity index (χ0n) is 14.2. The number of nitrogens with zero attached hydrogens (tertiary/aromatic N) is 1. The van der Waals surface area contributed by atoms with Gasteiger partial charge in [-0.05, 0) is 36.8 Å². The first-order valence-electron chi connectivity index (χ1n) is 8.06. The minimum Gasteiger partial charge on any atom is -0.493 e. The summed E-state index contributed by atoms with van der Waals surface area (Å²) in [5.41, 5.74) is 1.06. The van der Waals surface area contributed by atoms with E-state index >= 15 is 0 Å². The van der Waals surface area contributed by atoms with Crippen LogP contribution >= 0.6 is 11.6 Å². The molecule has 1 atom stereocenters. The number of amides is 1. The van der Waals surface area contributed by atoms with Gasteiger partial charge in [-0.1, -0.05) is 11.6 Å². The van der Waals surface area contributed by atoms with Crippen LogP contribution in [-0.4, -0.2) is 29.5 Å². The quantitative estimate of drug-likeness (QED) is 0.476. The normalized spacial score (nSPS) is 13.3. The minimum absolute atomic E-state index is 0.0634. The Kier molecular flexibility index (Phi) is 5.27. The molecular weight excluding hydrogens is 376 g/mol. The van der Waals surface area contributed by atoms with Crippen LogP contribution in [0.2, 0.25) is 5.02 Å². The second kappa shape index (κ2) is 7.63. The van der Waals surface area contributed by atoms with E-state index in [1.54, 1.807) is 18.2 Å². The van der Waals surface area contributed by atoms with Gasteiger partial charge in [0, 0.05) is 18.6 Å². The maximum Gasteiger partial charge on any atom is 0.338 e. The number of halogens is 1. The van der Waals surface area contributed by atoms with E-state index in [9.17, 15) is 19.7 Å². The SMILES string of the molecule is CC(OC(=O)c1ccc2c(c1)CCO2)C(=O)Nc1cc([N+](=O)[O-])ccc1Cl. The van der Waals surface area contributed by atoms with Crippen LogP contribution in [0.4, 0.5) is 11.4 Å². The van der Waals surface area contributed by atoms with Crippen LogP contribution in [0.3, 0.4) is 0 Å². The topological polar surface area (TPSA) is 108 Å². The lowest BCUT2D eigenvalue weighted by Crippen LogP contribution is -2.30. The number of non-ortho nitro benzene ring substituents is 1. The van der Waals surface area contributed by atoms with Gasteiger partial charge in [0.2, 0.25) is 0 Å². The predicted molar refractivity (Wildman–Crippen MR) is 97.3 cm³/mol. The van der Waals surface area contributed by atoms with Gasteiger partial charge < -0.3 is 14.8 Å². The Hall–Kier alpha value is -3.13. The van der Waals surface area contributed by atoms with E-state index in [0.29, 0.717) is 18.6 Å². The third-order valence-electron chi connectivity index (χ3n) is 4.00. The fourth-order valence-electron chi connectivity index (χ4n) is 2.55. The van der Waals surface area contributed by atoms with Crippen LogP contribution in [0.15, 0.2) is 36.4 Å². The molecule has 0 aliphatic carbocycles. The summed E-state index contributed by atoms with van der Waals surface area (Å²) in [4.78, 5) is 34.8. The van der Waals surface area contributed by atoms with Crippen LogP contribution in [0, 0.1) is 10.1 Å². The van der Waals surface area contributed by atoms with Crippen LogP contribution in [0.25, 0.3) is 0 Å². The van der Waals surface area contributed by atoms with E-state index in [1.165, 1.54) is 19.1 Å². The minimum atomic E-state index is -1.13. The molecule has 9 heteroatoms. The zero-order valence-corrected chi connectivity index (χ0v) is 15.0. The van der Waals surface area contributed by atoms with Gasteiger partial charge in [-0.3, -0.25) is 14.9 Å². The summed E-state index contributed by atoms with van der Waals surface area (Å²) in [6, 6.07) is 8.58. The maximum atomic E-state index is 12.3. The summed E-state index contributed by atoms with van der Waals surface area (Å²) in [6.45, 7) is 1.96.